The van der Waals surface area contributed by atoms with Gasteiger partial charge in [0.2, 0.25) is 0 Å². The second-order valence-electron chi connectivity index (χ2n) is 21.8. The number of fused-ring (bicyclic) bond motifs is 2. The molecule has 2 bridgehead atoms. The molecule has 32 nitrogen and oxygen atoms in total. The third kappa shape index (κ3) is 61.5. The highest BCUT2D eigenvalue weighted by Crippen LogP contribution is 2.32. The molecule has 3 fully saturated rings. The van der Waals surface area contributed by atoms with Gasteiger partial charge in [0.15, 0.2) is 0 Å². The molecule has 2 atom stereocenters. The maximum Gasteiger partial charge on any atom is 0.501 e. The number of hydrogen-bond acceptors (Lipinski definition) is 32. The predicted molar refractivity (Wildman–Crippen MR) is 369 cm³/mol. The number of ether oxygens (including phenoxy) is 7. The minimum Gasteiger partial charge on any atom is -0.389 e. The van der Waals surface area contributed by atoms with Crippen LogP contribution < -0.4 is 97.0 Å². The molecule has 92 heavy (non-hydrogen) atoms. The second kappa shape index (κ2) is 71.4. The van der Waals surface area contributed by atoms with Crippen molar-refractivity contribution in [2.45, 2.75) is 43.2 Å². The summed E-state index contributed by atoms with van der Waals surface area (Å²) in [7, 11) is 0.120. The number of epoxide rings is 1. The third-order valence-corrected chi connectivity index (χ3v) is 19.6. The molecular formula is C58H138N18O14Si2. The van der Waals surface area contributed by atoms with Crippen LogP contribution >= 0.6 is 0 Å². The van der Waals surface area contributed by atoms with Crippen molar-refractivity contribution in [2.75, 3.05) is 336 Å². The minimum atomic E-state index is -2.39. The van der Waals surface area contributed by atoms with Gasteiger partial charge in [-0.3, -0.25) is 0 Å². The van der Waals surface area contributed by atoms with E-state index in [0.717, 1.165) is 261 Å². The molecule has 0 aromatic rings. The van der Waals surface area contributed by atoms with Crippen molar-refractivity contribution in [1.82, 2.24) is 79.8 Å². The monoisotopic (exact) mass is 1370 g/mol. The lowest BCUT2D eigenvalue weighted by molar-refractivity contribution is 0.0363. The van der Waals surface area contributed by atoms with Gasteiger partial charge in [-0.2, -0.15) is 0 Å². The van der Waals surface area contributed by atoms with E-state index in [0.29, 0.717) is 85.1 Å². The maximum atomic E-state index is 10.1. The normalized spacial score (nSPS) is 17.1. The standard InChI is InChI=1S/C29H67N9O7Si.C20H51N9O2.C9H20O5Si/c30-2-3-31-4-8-34-14-19-40-20-15-35-9-5-32-6-10-36-16-21-41-22-17-37-11-7-33-12-13-38-24-28(39)25-42-18-1-23-46-43-26-29(45-46)27-44-46;21-1-3-23-5-9-26-13-17-30-19-15-28-11-7-25-8-12-29-16-20-31-18-14-27-10-6-24-4-2-22;1-10-15(11-2,12-3)6-4-5-13-7-9-8-14-9/h28-29,31-39H,1-27,30H2;23-29H,1-22H2;9H,4-8H2,1-3H3. The van der Waals surface area contributed by atoms with Crippen LogP contribution in [0.15, 0.2) is 0 Å². The van der Waals surface area contributed by atoms with Crippen LogP contribution in [0.1, 0.15) is 12.8 Å². The molecule has 0 aliphatic carbocycles. The molecule has 0 aromatic heterocycles. The van der Waals surface area contributed by atoms with Crippen LogP contribution in [0.5, 0.6) is 0 Å². The zero-order valence-electron chi connectivity index (χ0n) is 57.5. The first-order valence-electron chi connectivity index (χ1n) is 34.5. The van der Waals surface area contributed by atoms with E-state index < -0.39 is 23.7 Å². The molecule has 3 saturated heterocycles. The Balaban J connectivity index is 0.000000786. The van der Waals surface area contributed by atoms with Gasteiger partial charge < -0.3 is 162 Å². The molecule has 0 saturated carbocycles. The zero-order chi connectivity index (χ0) is 66.3. The molecule has 0 radical (unpaired) electrons. The molecule has 34 heteroatoms. The first-order valence-corrected chi connectivity index (χ1v) is 38.4. The number of hydrogen-bond donors (Lipinski definition) is 19. The predicted octanol–water partition coefficient (Wildman–Crippen LogP) is -7.42. The smallest absolute Gasteiger partial charge is 0.389 e. The summed E-state index contributed by atoms with van der Waals surface area (Å²) in [6.07, 6.45) is 1.66. The van der Waals surface area contributed by atoms with Crippen molar-refractivity contribution in [3.05, 3.63) is 0 Å². The molecule has 3 aliphatic heterocycles. The van der Waals surface area contributed by atoms with E-state index in [9.17, 15) is 5.11 Å². The number of rotatable bonds is 74. The average Bonchev–Trinajstić information content (AvgIpc) is 1.67. The summed E-state index contributed by atoms with van der Waals surface area (Å²) in [6.45, 7) is 39.1. The Morgan fingerprint density at radius 1 is 0.391 bits per heavy atom. The number of nitrogens with one attached hydrogen (secondary N) is 15. The summed E-state index contributed by atoms with van der Waals surface area (Å²) in [4.78, 5) is 0. The molecule has 3 heterocycles. The van der Waals surface area contributed by atoms with Gasteiger partial charge in [0.25, 0.3) is 0 Å². The van der Waals surface area contributed by atoms with Gasteiger partial charge in [-0.25, -0.2) is 0 Å². The highest BCUT2D eigenvalue weighted by molar-refractivity contribution is 6.62. The first kappa shape index (κ1) is 89.2. The van der Waals surface area contributed by atoms with Crippen LogP contribution in [0.2, 0.25) is 12.1 Å². The maximum absolute atomic E-state index is 10.1. The topological polar surface area (TPSA) is 402 Å². The van der Waals surface area contributed by atoms with E-state index in [-0.39, 0.29) is 6.10 Å². The Morgan fingerprint density at radius 3 is 0.989 bits per heavy atom. The Hall–Kier alpha value is -0.846. The van der Waals surface area contributed by atoms with Crippen LogP contribution in [-0.4, -0.2) is 377 Å². The van der Waals surface area contributed by atoms with E-state index in [2.05, 4.69) is 79.8 Å². The van der Waals surface area contributed by atoms with E-state index in [1.807, 2.05) is 0 Å². The van der Waals surface area contributed by atoms with Crippen LogP contribution in [0.3, 0.4) is 0 Å². The van der Waals surface area contributed by atoms with Gasteiger partial charge in [-0.05, 0) is 12.8 Å². The van der Waals surface area contributed by atoms with Crippen molar-refractivity contribution < 1.29 is 64.8 Å². The Kier molecular flexibility index (Phi) is 69.2. The van der Waals surface area contributed by atoms with Crippen LogP contribution in [0.4, 0.5) is 0 Å². The van der Waals surface area contributed by atoms with E-state index in [1.54, 1.807) is 21.3 Å². The lowest BCUT2D eigenvalue weighted by Crippen LogP contribution is -2.42. The lowest BCUT2D eigenvalue weighted by atomic mass is 10.3. The molecule has 0 aromatic carbocycles. The molecule has 552 valence electrons. The van der Waals surface area contributed by atoms with Crippen molar-refractivity contribution in [3.8, 4) is 0 Å². The molecular weight excluding hydrogens is 1230 g/mol. The number of aliphatic hydroxyl groups excluding tert-OH is 1. The van der Waals surface area contributed by atoms with E-state index in [1.165, 1.54) is 0 Å². The highest BCUT2D eigenvalue weighted by atomic mass is 28.4. The lowest BCUT2D eigenvalue weighted by Gasteiger charge is -2.24. The quantitative estimate of drug-likeness (QED) is 0.0153. The van der Waals surface area contributed by atoms with Gasteiger partial charge in [0, 0.05) is 263 Å². The number of nitrogens with two attached hydrogens (primary N) is 3. The van der Waals surface area contributed by atoms with Gasteiger partial charge in [-0.1, -0.05) is 0 Å². The zero-order valence-corrected chi connectivity index (χ0v) is 59.5. The third-order valence-electron chi connectivity index (χ3n) is 13.9. The summed E-state index contributed by atoms with van der Waals surface area (Å²) < 4.78 is 71.5. The Morgan fingerprint density at radius 2 is 0.696 bits per heavy atom. The summed E-state index contributed by atoms with van der Waals surface area (Å²) in [5, 5.41) is 60.1. The largest absolute Gasteiger partial charge is 0.501 e. The average molecular weight is 1370 g/mol. The van der Waals surface area contributed by atoms with Gasteiger partial charge in [-0.15, -0.1) is 0 Å². The molecule has 0 spiro atoms. The highest BCUT2D eigenvalue weighted by Gasteiger charge is 2.54. The van der Waals surface area contributed by atoms with Crippen molar-refractivity contribution in [2.24, 2.45) is 17.2 Å². The van der Waals surface area contributed by atoms with Gasteiger partial charge in [0.05, 0.1) is 98.1 Å². The first-order chi connectivity index (χ1) is 45.4. The van der Waals surface area contributed by atoms with E-state index in [4.69, 9.17) is 76.9 Å². The van der Waals surface area contributed by atoms with Crippen LogP contribution in [0.25, 0.3) is 0 Å². The fraction of sp³-hybridized carbons (Fsp3) is 1.00. The van der Waals surface area contributed by atoms with Crippen molar-refractivity contribution >= 4 is 17.6 Å². The van der Waals surface area contributed by atoms with Crippen molar-refractivity contribution in [3.63, 3.8) is 0 Å². The van der Waals surface area contributed by atoms with Crippen LogP contribution in [-0.2, 0) is 59.7 Å². The SMILES string of the molecule is CO[Si](CCCOCC1CO1)(OC)OC.NCCNCCNCCOCCNCCNCCNCCOCCNCCNCCN.NCCNCCNCCOCCNCCNCCNCCOCCNCCNCCNCC(O)COCCC[Si]12OCC(CO1)O2. The molecule has 3 rings (SSSR count). The summed E-state index contributed by atoms with van der Waals surface area (Å²) >= 11 is 0. The van der Waals surface area contributed by atoms with E-state index >= 15 is 0 Å². The second-order valence-corrected chi connectivity index (χ2v) is 27.6. The Bertz CT molecular complexity index is 1420. The van der Waals surface area contributed by atoms with Crippen molar-refractivity contribution in [1.29, 1.82) is 0 Å². The fourth-order valence-electron chi connectivity index (χ4n) is 8.60. The molecule has 2 unspecified atom stereocenters. The Labute approximate surface area is 557 Å². The van der Waals surface area contributed by atoms with Gasteiger partial charge >= 0.3 is 17.6 Å². The molecule has 0 amide bonds. The summed E-state index contributed by atoms with van der Waals surface area (Å²) in [5.41, 5.74) is 16.2. The summed E-state index contributed by atoms with van der Waals surface area (Å²) in [5.74, 6) is 0. The molecule has 22 N–H and O–H groups in total. The van der Waals surface area contributed by atoms with Gasteiger partial charge in [0.1, 0.15) is 6.10 Å². The van der Waals surface area contributed by atoms with Crippen LogP contribution in [0, 0.1) is 0 Å². The molecule has 3 aliphatic rings. The summed E-state index contributed by atoms with van der Waals surface area (Å²) in [6, 6.07) is 1.57. The number of aliphatic hydroxyl groups is 1. The fourth-order valence-corrected chi connectivity index (χ4v) is 13.0. The minimum absolute atomic E-state index is 0.138.